The minimum atomic E-state index is -0.350. The van der Waals surface area contributed by atoms with Crippen LogP contribution in [0, 0.1) is 12.7 Å². The highest BCUT2D eigenvalue weighted by molar-refractivity contribution is 5.94. The highest BCUT2D eigenvalue weighted by Gasteiger charge is 2.07. The Kier molecular flexibility index (Phi) is 4.42. The van der Waals surface area contributed by atoms with Gasteiger partial charge in [-0.1, -0.05) is 24.3 Å². The molecular formula is C19H19FN2O. The number of rotatable bonds is 5. The lowest BCUT2D eigenvalue weighted by Crippen LogP contribution is -2.25. The molecule has 1 heterocycles. The molecule has 3 rings (SSSR count). The summed E-state index contributed by atoms with van der Waals surface area (Å²) >= 11 is 0. The van der Waals surface area contributed by atoms with E-state index in [0.717, 1.165) is 13.0 Å². The van der Waals surface area contributed by atoms with Gasteiger partial charge in [0, 0.05) is 30.4 Å². The van der Waals surface area contributed by atoms with Crippen LogP contribution in [-0.4, -0.2) is 17.0 Å². The summed E-state index contributed by atoms with van der Waals surface area (Å²) in [6.45, 7) is 3.06. The number of para-hydroxylation sites is 1. The van der Waals surface area contributed by atoms with Crippen molar-refractivity contribution in [2.24, 2.45) is 0 Å². The number of hydrogen-bond acceptors (Lipinski definition) is 1. The molecule has 0 unspecified atom stereocenters. The number of amides is 1. The van der Waals surface area contributed by atoms with Crippen LogP contribution in [0.3, 0.4) is 0 Å². The Morgan fingerprint density at radius 2 is 2.00 bits per heavy atom. The standard InChI is InChI=1S/C19H19FN2O/c1-14-7-8-16(13-17(14)20)19(23)21-10-4-11-22-12-9-15-5-2-3-6-18(15)22/h2-3,5-9,12-13H,4,10-11H2,1H3,(H,21,23). The number of aryl methyl sites for hydroxylation is 2. The van der Waals surface area contributed by atoms with E-state index in [-0.39, 0.29) is 11.7 Å². The first kappa shape index (κ1) is 15.3. The molecular weight excluding hydrogens is 291 g/mol. The van der Waals surface area contributed by atoms with Crippen molar-refractivity contribution in [3.63, 3.8) is 0 Å². The summed E-state index contributed by atoms with van der Waals surface area (Å²) in [5.41, 5.74) is 2.10. The topological polar surface area (TPSA) is 34.0 Å². The van der Waals surface area contributed by atoms with Gasteiger partial charge in [-0.25, -0.2) is 4.39 Å². The molecule has 3 aromatic rings. The largest absolute Gasteiger partial charge is 0.352 e. The molecule has 0 atom stereocenters. The summed E-state index contributed by atoms with van der Waals surface area (Å²) in [7, 11) is 0. The molecule has 4 heteroatoms. The predicted octanol–water partition coefficient (Wildman–Crippen LogP) is 3.91. The zero-order valence-electron chi connectivity index (χ0n) is 13.1. The molecule has 0 bridgehead atoms. The Hall–Kier alpha value is -2.62. The van der Waals surface area contributed by atoms with E-state index >= 15 is 0 Å². The average molecular weight is 310 g/mol. The van der Waals surface area contributed by atoms with Crippen LogP contribution in [0.5, 0.6) is 0 Å². The molecule has 0 spiro atoms. The molecule has 0 fully saturated rings. The van der Waals surface area contributed by atoms with Crippen LogP contribution in [0.25, 0.3) is 10.9 Å². The number of benzene rings is 2. The van der Waals surface area contributed by atoms with Crippen molar-refractivity contribution in [3.05, 3.63) is 71.7 Å². The summed E-state index contributed by atoms with van der Waals surface area (Å²) in [6.07, 6.45) is 2.88. The molecule has 2 aromatic carbocycles. The second-order valence-electron chi connectivity index (χ2n) is 5.64. The maximum atomic E-state index is 13.5. The van der Waals surface area contributed by atoms with Crippen molar-refractivity contribution in [2.75, 3.05) is 6.54 Å². The Balaban J connectivity index is 1.53. The first-order valence-electron chi connectivity index (χ1n) is 7.73. The first-order valence-corrected chi connectivity index (χ1v) is 7.73. The maximum absolute atomic E-state index is 13.5. The van der Waals surface area contributed by atoms with E-state index in [2.05, 4.69) is 34.3 Å². The quantitative estimate of drug-likeness (QED) is 0.712. The van der Waals surface area contributed by atoms with E-state index in [4.69, 9.17) is 0 Å². The lowest BCUT2D eigenvalue weighted by atomic mass is 10.1. The summed E-state index contributed by atoms with van der Waals surface area (Å²) < 4.78 is 15.7. The van der Waals surface area contributed by atoms with E-state index in [0.29, 0.717) is 17.7 Å². The van der Waals surface area contributed by atoms with Gasteiger partial charge in [0.25, 0.3) is 5.91 Å². The second kappa shape index (κ2) is 6.65. The third-order valence-corrected chi connectivity index (χ3v) is 3.98. The molecule has 1 N–H and O–H groups in total. The summed E-state index contributed by atoms with van der Waals surface area (Å²) in [4.78, 5) is 12.0. The second-order valence-corrected chi connectivity index (χ2v) is 5.64. The Labute approximate surface area is 134 Å². The average Bonchev–Trinajstić information content (AvgIpc) is 2.97. The number of nitrogens with zero attached hydrogens (tertiary/aromatic N) is 1. The molecule has 0 aliphatic rings. The molecule has 3 nitrogen and oxygen atoms in total. The monoisotopic (exact) mass is 310 g/mol. The van der Waals surface area contributed by atoms with E-state index in [1.165, 1.54) is 17.0 Å². The van der Waals surface area contributed by atoms with Crippen LogP contribution in [0.1, 0.15) is 22.3 Å². The SMILES string of the molecule is Cc1ccc(C(=O)NCCCn2ccc3ccccc32)cc1F. The van der Waals surface area contributed by atoms with E-state index in [9.17, 15) is 9.18 Å². The lowest BCUT2D eigenvalue weighted by molar-refractivity contribution is 0.0952. The molecule has 0 aliphatic carbocycles. The maximum Gasteiger partial charge on any atom is 0.251 e. The number of hydrogen-bond donors (Lipinski definition) is 1. The minimum Gasteiger partial charge on any atom is -0.352 e. The van der Waals surface area contributed by atoms with Gasteiger partial charge in [-0.3, -0.25) is 4.79 Å². The van der Waals surface area contributed by atoms with E-state index < -0.39 is 0 Å². The van der Waals surface area contributed by atoms with Crippen LogP contribution >= 0.6 is 0 Å². The van der Waals surface area contributed by atoms with Crippen LogP contribution in [0.4, 0.5) is 4.39 Å². The molecule has 0 radical (unpaired) electrons. The van der Waals surface area contributed by atoms with Gasteiger partial charge >= 0.3 is 0 Å². The Morgan fingerprint density at radius 1 is 1.17 bits per heavy atom. The highest BCUT2D eigenvalue weighted by atomic mass is 19.1. The van der Waals surface area contributed by atoms with Gasteiger partial charge in [-0.15, -0.1) is 0 Å². The molecule has 1 aromatic heterocycles. The summed E-state index contributed by atoms with van der Waals surface area (Å²) in [5, 5.41) is 4.05. The van der Waals surface area contributed by atoms with E-state index in [1.807, 2.05) is 12.1 Å². The fraction of sp³-hybridized carbons (Fsp3) is 0.211. The number of aromatic nitrogens is 1. The summed E-state index contributed by atoms with van der Waals surface area (Å²) in [5.74, 6) is -0.585. The molecule has 0 saturated carbocycles. The van der Waals surface area contributed by atoms with Crippen molar-refractivity contribution in [1.82, 2.24) is 9.88 Å². The third-order valence-electron chi connectivity index (χ3n) is 3.98. The first-order chi connectivity index (χ1) is 11.1. The van der Waals surface area contributed by atoms with Gasteiger partial charge in [0.15, 0.2) is 0 Å². The third kappa shape index (κ3) is 3.42. The highest BCUT2D eigenvalue weighted by Crippen LogP contribution is 2.15. The van der Waals surface area contributed by atoms with Crippen LogP contribution < -0.4 is 5.32 Å². The van der Waals surface area contributed by atoms with Gasteiger partial charge in [-0.2, -0.15) is 0 Å². The predicted molar refractivity (Wildman–Crippen MR) is 90.0 cm³/mol. The minimum absolute atomic E-state index is 0.235. The van der Waals surface area contributed by atoms with Gasteiger partial charge < -0.3 is 9.88 Å². The van der Waals surface area contributed by atoms with Crippen LogP contribution in [0.15, 0.2) is 54.7 Å². The van der Waals surface area contributed by atoms with Crippen molar-refractivity contribution < 1.29 is 9.18 Å². The van der Waals surface area contributed by atoms with Gasteiger partial charge in [0.05, 0.1) is 0 Å². The number of halogens is 1. The molecule has 23 heavy (non-hydrogen) atoms. The van der Waals surface area contributed by atoms with E-state index in [1.54, 1.807) is 19.1 Å². The van der Waals surface area contributed by atoms with Gasteiger partial charge in [0.2, 0.25) is 0 Å². The normalized spacial score (nSPS) is 10.9. The zero-order chi connectivity index (χ0) is 16.2. The molecule has 0 saturated heterocycles. The zero-order valence-corrected chi connectivity index (χ0v) is 13.1. The lowest BCUT2D eigenvalue weighted by Gasteiger charge is -2.08. The van der Waals surface area contributed by atoms with Crippen LogP contribution in [0.2, 0.25) is 0 Å². The number of carbonyl (C=O) groups is 1. The smallest absolute Gasteiger partial charge is 0.251 e. The fourth-order valence-corrected chi connectivity index (χ4v) is 2.62. The molecule has 1 amide bonds. The van der Waals surface area contributed by atoms with Gasteiger partial charge in [0.1, 0.15) is 5.82 Å². The fourth-order valence-electron chi connectivity index (χ4n) is 2.62. The summed E-state index contributed by atoms with van der Waals surface area (Å²) in [6, 6.07) is 14.8. The number of carbonyl (C=O) groups excluding carboxylic acids is 1. The number of fused-ring (bicyclic) bond motifs is 1. The van der Waals surface area contributed by atoms with Crippen molar-refractivity contribution in [1.29, 1.82) is 0 Å². The Morgan fingerprint density at radius 3 is 2.83 bits per heavy atom. The van der Waals surface area contributed by atoms with Crippen molar-refractivity contribution >= 4 is 16.8 Å². The molecule has 118 valence electrons. The van der Waals surface area contributed by atoms with Crippen LogP contribution in [-0.2, 0) is 6.54 Å². The van der Waals surface area contributed by atoms with Crippen molar-refractivity contribution in [3.8, 4) is 0 Å². The molecule has 0 aliphatic heterocycles. The van der Waals surface area contributed by atoms with Crippen molar-refractivity contribution in [2.45, 2.75) is 19.9 Å². The number of nitrogens with one attached hydrogen (secondary N) is 1. The van der Waals surface area contributed by atoms with Gasteiger partial charge in [-0.05, 0) is 48.6 Å². The Bertz CT molecular complexity index is 838.